The number of piperidine rings is 1. The monoisotopic (exact) mass is 482 g/mol. The van der Waals surface area contributed by atoms with Gasteiger partial charge in [0.1, 0.15) is 11.5 Å². The first kappa shape index (κ1) is 26.1. The molecule has 2 aromatic carbocycles. The molecule has 2 aromatic rings. The number of rotatable bonds is 8. The minimum atomic E-state index is -0.778. The van der Waals surface area contributed by atoms with E-state index in [1.54, 1.807) is 43.0 Å². The van der Waals surface area contributed by atoms with E-state index < -0.39 is 12.3 Å². The maximum atomic E-state index is 12.8. The summed E-state index contributed by atoms with van der Waals surface area (Å²) in [6.07, 6.45) is -0.0661. The maximum absolute atomic E-state index is 12.8. The van der Waals surface area contributed by atoms with Crippen molar-refractivity contribution in [2.45, 2.75) is 58.6 Å². The summed E-state index contributed by atoms with van der Waals surface area (Å²) < 4.78 is 15.6. The molecule has 1 aliphatic heterocycles. The Hall–Kier alpha value is -3.55. The third kappa shape index (κ3) is 7.47. The fraction of sp³-hybridized carbons (Fsp3) is 0.444. The van der Waals surface area contributed by atoms with E-state index in [9.17, 15) is 14.4 Å². The van der Waals surface area contributed by atoms with Gasteiger partial charge < -0.3 is 24.4 Å². The molecule has 2 amide bonds. The van der Waals surface area contributed by atoms with Crippen molar-refractivity contribution in [3.63, 3.8) is 0 Å². The first-order chi connectivity index (χ1) is 16.8. The summed E-state index contributed by atoms with van der Waals surface area (Å²) in [6, 6.07) is 14.2. The average molecular weight is 483 g/mol. The molecule has 8 heteroatoms. The predicted molar refractivity (Wildman–Crippen MR) is 132 cm³/mol. The van der Waals surface area contributed by atoms with E-state index in [0.717, 1.165) is 0 Å². The third-order valence-electron chi connectivity index (χ3n) is 5.92. The van der Waals surface area contributed by atoms with Gasteiger partial charge in [-0.2, -0.15) is 0 Å². The van der Waals surface area contributed by atoms with E-state index in [0.29, 0.717) is 48.9 Å². The van der Waals surface area contributed by atoms with E-state index in [-0.39, 0.29) is 24.5 Å². The smallest absolute Gasteiger partial charge is 0.481 e. The van der Waals surface area contributed by atoms with E-state index in [1.165, 1.54) is 5.56 Å². The fourth-order valence-electron chi connectivity index (χ4n) is 3.83. The van der Waals surface area contributed by atoms with Crippen molar-refractivity contribution in [1.82, 2.24) is 10.2 Å². The van der Waals surface area contributed by atoms with Gasteiger partial charge in [0.05, 0.1) is 6.61 Å². The highest BCUT2D eigenvalue weighted by molar-refractivity contribution is 5.94. The van der Waals surface area contributed by atoms with Gasteiger partial charge in [0.2, 0.25) is 0 Å². The van der Waals surface area contributed by atoms with Crippen LogP contribution in [0.5, 0.6) is 11.5 Å². The Kier molecular flexibility index (Phi) is 9.11. The molecule has 8 nitrogen and oxygen atoms in total. The standard InChI is InChI=1S/C27H34N2O6/c1-5-33-27(32)35-24-12-8-21(9-13-24)26(31)29-16-14-22(15-17-29)28-25(30)19(4)34-23-10-6-20(7-11-23)18(2)3/h6-13,18-19,22H,5,14-17H2,1-4H3,(H,28,30). The Morgan fingerprint density at radius 1 is 0.943 bits per heavy atom. The fourth-order valence-corrected chi connectivity index (χ4v) is 3.83. The topological polar surface area (TPSA) is 94.2 Å². The van der Waals surface area contributed by atoms with Gasteiger partial charge in [0, 0.05) is 24.7 Å². The van der Waals surface area contributed by atoms with Crippen molar-refractivity contribution in [3.8, 4) is 11.5 Å². The number of hydrogen-bond donors (Lipinski definition) is 1. The van der Waals surface area contributed by atoms with E-state index in [4.69, 9.17) is 14.2 Å². The Morgan fingerprint density at radius 3 is 2.11 bits per heavy atom. The molecule has 1 heterocycles. The molecule has 0 radical (unpaired) electrons. The molecule has 1 atom stereocenters. The lowest BCUT2D eigenvalue weighted by Crippen LogP contribution is -2.49. The minimum absolute atomic E-state index is 0.0127. The highest BCUT2D eigenvalue weighted by Crippen LogP contribution is 2.20. The summed E-state index contributed by atoms with van der Waals surface area (Å²) >= 11 is 0. The molecule has 188 valence electrons. The second kappa shape index (κ2) is 12.2. The molecule has 1 fully saturated rings. The van der Waals surface area contributed by atoms with Gasteiger partial charge in [0.15, 0.2) is 6.10 Å². The Balaban J connectivity index is 1.44. The van der Waals surface area contributed by atoms with Crippen LogP contribution in [0.3, 0.4) is 0 Å². The van der Waals surface area contributed by atoms with Crippen LogP contribution in [-0.4, -0.2) is 54.7 Å². The molecular formula is C27H34N2O6. The summed E-state index contributed by atoms with van der Waals surface area (Å²) in [7, 11) is 0. The van der Waals surface area contributed by atoms with E-state index >= 15 is 0 Å². The SMILES string of the molecule is CCOC(=O)Oc1ccc(C(=O)N2CCC(NC(=O)C(C)Oc3ccc(C(C)C)cc3)CC2)cc1. The lowest BCUT2D eigenvalue weighted by Gasteiger charge is -2.33. The molecule has 35 heavy (non-hydrogen) atoms. The molecule has 3 rings (SSSR count). The molecule has 0 spiro atoms. The second-order valence-corrected chi connectivity index (χ2v) is 8.87. The van der Waals surface area contributed by atoms with Gasteiger partial charge in [-0.15, -0.1) is 0 Å². The first-order valence-corrected chi connectivity index (χ1v) is 12.1. The van der Waals surface area contributed by atoms with Gasteiger partial charge in [-0.3, -0.25) is 9.59 Å². The molecule has 0 aliphatic carbocycles. The molecule has 0 saturated carbocycles. The lowest BCUT2D eigenvalue weighted by atomic mass is 10.0. The molecule has 0 bridgehead atoms. The van der Waals surface area contributed by atoms with Gasteiger partial charge in [0.25, 0.3) is 11.8 Å². The summed E-state index contributed by atoms with van der Waals surface area (Å²) in [4.78, 5) is 38.6. The van der Waals surface area contributed by atoms with Crippen molar-refractivity contribution < 1.29 is 28.6 Å². The Labute approximate surface area is 206 Å². The highest BCUT2D eigenvalue weighted by Gasteiger charge is 2.26. The Bertz CT molecular complexity index is 995. The van der Waals surface area contributed by atoms with Crippen LogP contribution in [0, 0.1) is 0 Å². The zero-order chi connectivity index (χ0) is 25.4. The van der Waals surface area contributed by atoms with Gasteiger partial charge in [-0.05, 0) is 74.6 Å². The molecule has 0 aromatic heterocycles. The summed E-state index contributed by atoms with van der Waals surface area (Å²) in [6.45, 7) is 8.99. The summed E-state index contributed by atoms with van der Waals surface area (Å²) in [5.74, 6) is 1.15. The van der Waals surface area contributed by atoms with Crippen molar-refractivity contribution in [2.75, 3.05) is 19.7 Å². The summed E-state index contributed by atoms with van der Waals surface area (Å²) in [5.41, 5.74) is 1.73. The normalized spacial score (nSPS) is 14.8. The van der Waals surface area contributed by atoms with Gasteiger partial charge in [-0.1, -0.05) is 26.0 Å². The van der Waals surface area contributed by atoms with Crippen LogP contribution in [0.2, 0.25) is 0 Å². The molecule has 1 aliphatic rings. The van der Waals surface area contributed by atoms with Crippen LogP contribution < -0.4 is 14.8 Å². The quantitative estimate of drug-likeness (QED) is 0.439. The zero-order valence-electron chi connectivity index (χ0n) is 20.8. The number of carbonyl (C=O) groups excluding carboxylic acids is 3. The van der Waals surface area contributed by atoms with E-state index in [2.05, 4.69) is 19.2 Å². The van der Waals surface area contributed by atoms with Crippen LogP contribution >= 0.6 is 0 Å². The second-order valence-electron chi connectivity index (χ2n) is 8.87. The molecule has 1 unspecified atom stereocenters. The number of nitrogens with one attached hydrogen (secondary N) is 1. The lowest BCUT2D eigenvalue weighted by molar-refractivity contribution is -0.128. The van der Waals surface area contributed by atoms with Crippen molar-refractivity contribution >= 4 is 18.0 Å². The van der Waals surface area contributed by atoms with Gasteiger partial charge in [-0.25, -0.2) is 4.79 Å². The number of carbonyl (C=O) groups is 3. The third-order valence-corrected chi connectivity index (χ3v) is 5.92. The van der Waals surface area contributed by atoms with Crippen molar-refractivity contribution in [3.05, 3.63) is 59.7 Å². The van der Waals surface area contributed by atoms with Crippen LogP contribution in [-0.2, 0) is 9.53 Å². The summed E-state index contributed by atoms with van der Waals surface area (Å²) in [5, 5.41) is 3.04. The largest absolute Gasteiger partial charge is 0.513 e. The average Bonchev–Trinajstić information content (AvgIpc) is 2.85. The molecule has 1 saturated heterocycles. The number of likely N-dealkylation sites (tertiary alicyclic amines) is 1. The highest BCUT2D eigenvalue weighted by atomic mass is 16.7. The number of hydrogen-bond acceptors (Lipinski definition) is 6. The molecular weight excluding hydrogens is 448 g/mol. The van der Waals surface area contributed by atoms with Crippen molar-refractivity contribution in [2.24, 2.45) is 0 Å². The van der Waals surface area contributed by atoms with Crippen LogP contribution in [0.1, 0.15) is 62.4 Å². The zero-order valence-corrected chi connectivity index (χ0v) is 20.8. The van der Waals surface area contributed by atoms with Crippen LogP contribution in [0.4, 0.5) is 4.79 Å². The Morgan fingerprint density at radius 2 is 1.54 bits per heavy atom. The number of amides is 2. The number of nitrogens with zero attached hydrogens (tertiary/aromatic N) is 1. The number of benzene rings is 2. The van der Waals surface area contributed by atoms with Crippen LogP contribution in [0.25, 0.3) is 0 Å². The predicted octanol–water partition coefficient (Wildman–Crippen LogP) is 4.53. The van der Waals surface area contributed by atoms with Crippen LogP contribution in [0.15, 0.2) is 48.5 Å². The minimum Gasteiger partial charge on any atom is -0.481 e. The first-order valence-electron chi connectivity index (χ1n) is 12.1. The number of ether oxygens (including phenoxy) is 3. The van der Waals surface area contributed by atoms with E-state index in [1.807, 2.05) is 24.3 Å². The maximum Gasteiger partial charge on any atom is 0.513 e. The van der Waals surface area contributed by atoms with Gasteiger partial charge >= 0.3 is 6.16 Å². The molecule has 1 N–H and O–H groups in total. The van der Waals surface area contributed by atoms with Crippen molar-refractivity contribution in [1.29, 1.82) is 0 Å².